The standard InChI is InChI=1S/C26H20F2N4O4/c1-12-10-15(24-16(11-12)22(33)13(2)23(35-24)19-6-4-5-9-29-19)14(3)30-18-8-7-17(27)21(28)20(18)25-31-26(34)36-32-25/h4-11,14,30H,1-3H3,(H,31,32,34). The summed E-state index contributed by atoms with van der Waals surface area (Å²) in [5.41, 5.74) is 2.38. The van der Waals surface area contributed by atoms with Gasteiger partial charge in [0.25, 0.3) is 0 Å². The number of rotatable bonds is 5. The van der Waals surface area contributed by atoms with Crippen LogP contribution in [0, 0.1) is 25.5 Å². The predicted molar refractivity (Wildman–Crippen MR) is 130 cm³/mol. The maximum atomic E-state index is 14.8. The number of nitrogens with one attached hydrogen (secondary N) is 2. The van der Waals surface area contributed by atoms with E-state index < -0.39 is 23.4 Å². The Morgan fingerprint density at radius 3 is 2.58 bits per heavy atom. The third-order valence-electron chi connectivity index (χ3n) is 5.90. The molecule has 8 nitrogen and oxygen atoms in total. The largest absolute Gasteiger partial charge is 0.454 e. The van der Waals surface area contributed by atoms with Crippen molar-refractivity contribution < 1.29 is 17.7 Å². The molecule has 36 heavy (non-hydrogen) atoms. The normalized spacial score (nSPS) is 12.1. The van der Waals surface area contributed by atoms with Gasteiger partial charge in [0.1, 0.15) is 11.3 Å². The molecule has 0 aliphatic carbocycles. The Hall–Kier alpha value is -4.60. The topological polar surface area (TPSA) is 114 Å². The smallest absolute Gasteiger partial charge is 0.439 e. The van der Waals surface area contributed by atoms with Crippen molar-refractivity contribution in [1.82, 2.24) is 15.1 Å². The lowest BCUT2D eigenvalue weighted by molar-refractivity contribution is 0.387. The average molecular weight is 490 g/mol. The molecule has 2 aromatic carbocycles. The molecule has 0 aliphatic heterocycles. The van der Waals surface area contributed by atoms with Gasteiger partial charge in [-0.2, -0.15) is 0 Å². The second-order valence-corrected chi connectivity index (χ2v) is 8.42. The van der Waals surface area contributed by atoms with Crippen LogP contribution in [0.5, 0.6) is 0 Å². The number of hydrogen-bond acceptors (Lipinski definition) is 7. The minimum absolute atomic E-state index is 0.153. The number of halogens is 2. The van der Waals surface area contributed by atoms with E-state index in [4.69, 9.17) is 4.42 Å². The Balaban J connectivity index is 1.67. The van der Waals surface area contributed by atoms with Crippen molar-refractivity contribution in [3.8, 4) is 22.8 Å². The molecule has 0 fully saturated rings. The van der Waals surface area contributed by atoms with Crippen molar-refractivity contribution in [3.63, 3.8) is 0 Å². The van der Waals surface area contributed by atoms with Gasteiger partial charge < -0.3 is 9.73 Å². The van der Waals surface area contributed by atoms with Crippen LogP contribution in [-0.4, -0.2) is 15.1 Å². The third kappa shape index (κ3) is 3.96. The van der Waals surface area contributed by atoms with Crippen molar-refractivity contribution in [3.05, 3.63) is 97.8 Å². The van der Waals surface area contributed by atoms with E-state index in [0.29, 0.717) is 33.6 Å². The maximum absolute atomic E-state index is 14.8. The van der Waals surface area contributed by atoms with Crippen LogP contribution in [0.4, 0.5) is 14.5 Å². The van der Waals surface area contributed by atoms with Crippen LogP contribution in [0.1, 0.15) is 29.7 Å². The predicted octanol–water partition coefficient (Wildman–Crippen LogP) is 5.27. The lowest BCUT2D eigenvalue weighted by Gasteiger charge is -2.20. The van der Waals surface area contributed by atoms with E-state index in [9.17, 15) is 18.4 Å². The number of hydrogen-bond donors (Lipinski definition) is 2. The number of aromatic amines is 1. The van der Waals surface area contributed by atoms with Crippen LogP contribution in [0.2, 0.25) is 0 Å². The molecule has 1 atom stereocenters. The Morgan fingerprint density at radius 2 is 1.89 bits per heavy atom. The van der Waals surface area contributed by atoms with Gasteiger partial charge in [0.2, 0.25) is 0 Å². The molecule has 10 heteroatoms. The second-order valence-electron chi connectivity index (χ2n) is 8.42. The second kappa shape index (κ2) is 8.88. The molecule has 182 valence electrons. The molecule has 0 saturated carbocycles. The van der Waals surface area contributed by atoms with Gasteiger partial charge in [0.05, 0.1) is 17.0 Å². The number of nitrogens with zero attached hydrogens (tertiary/aromatic N) is 2. The molecule has 2 N–H and O–H groups in total. The van der Waals surface area contributed by atoms with Gasteiger partial charge >= 0.3 is 5.76 Å². The van der Waals surface area contributed by atoms with Gasteiger partial charge in [0, 0.05) is 23.0 Å². The van der Waals surface area contributed by atoms with Gasteiger partial charge in [-0.3, -0.25) is 19.3 Å². The number of H-pyrrole nitrogens is 1. The summed E-state index contributed by atoms with van der Waals surface area (Å²) in [5, 5.41) is 7.02. The Labute approximate surface area is 202 Å². The quantitative estimate of drug-likeness (QED) is 0.345. The zero-order chi connectivity index (χ0) is 25.6. The van der Waals surface area contributed by atoms with Crippen molar-refractivity contribution >= 4 is 16.7 Å². The molecule has 0 aliphatic rings. The summed E-state index contributed by atoms with van der Waals surface area (Å²) >= 11 is 0. The highest BCUT2D eigenvalue weighted by Gasteiger charge is 2.23. The molecular formula is C26H20F2N4O4. The van der Waals surface area contributed by atoms with Crippen LogP contribution in [0.3, 0.4) is 0 Å². The number of aromatic nitrogens is 3. The van der Waals surface area contributed by atoms with E-state index in [0.717, 1.165) is 11.6 Å². The van der Waals surface area contributed by atoms with E-state index in [1.165, 1.54) is 6.07 Å². The Bertz CT molecular complexity index is 1720. The van der Waals surface area contributed by atoms with E-state index in [2.05, 4.69) is 25.0 Å². The van der Waals surface area contributed by atoms with Crippen LogP contribution in [0.15, 0.2) is 67.2 Å². The van der Waals surface area contributed by atoms with E-state index in [1.54, 1.807) is 44.3 Å². The Kier molecular flexibility index (Phi) is 5.71. The summed E-state index contributed by atoms with van der Waals surface area (Å²) in [5.74, 6) is -3.14. The molecule has 5 rings (SSSR count). The lowest BCUT2D eigenvalue weighted by atomic mass is 9.99. The van der Waals surface area contributed by atoms with Gasteiger partial charge in [-0.25, -0.2) is 13.6 Å². The minimum atomic E-state index is -1.20. The van der Waals surface area contributed by atoms with Crippen LogP contribution < -0.4 is 16.5 Å². The van der Waals surface area contributed by atoms with E-state index >= 15 is 0 Å². The van der Waals surface area contributed by atoms with E-state index in [-0.39, 0.29) is 22.5 Å². The zero-order valence-corrected chi connectivity index (χ0v) is 19.5. The summed E-state index contributed by atoms with van der Waals surface area (Å²) in [7, 11) is 0. The summed E-state index contributed by atoms with van der Waals surface area (Å²) in [6, 6.07) is 10.6. The first kappa shape index (κ1) is 23.2. The summed E-state index contributed by atoms with van der Waals surface area (Å²) in [6.45, 7) is 5.32. The first-order valence-electron chi connectivity index (χ1n) is 11.0. The molecule has 0 spiro atoms. The first-order valence-corrected chi connectivity index (χ1v) is 11.0. The fourth-order valence-electron chi connectivity index (χ4n) is 4.18. The molecule has 0 bridgehead atoms. The molecule has 3 heterocycles. The summed E-state index contributed by atoms with van der Waals surface area (Å²) < 4.78 is 39.6. The highest BCUT2D eigenvalue weighted by atomic mass is 19.2. The van der Waals surface area contributed by atoms with Crippen molar-refractivity contribution in [1.29, 1.82) is 0 Å². The van der Waals surface area contributed by atoms with Gasteiger partial charge in [-0.1, -0.05) is 17.3 Å². The third-order valence-corrected chi connectivity index (χ3v) is 5.90. The molecular weight excluding hydrogens is 470 g/mol. The summed E-state index contributed by atoms with van der Waals surface area (Å²) in [4.78, 5) is 31.3. The highest BCUT2D eigenvalue weighted by Crippen LogP contribution is 2.35. The number of aryl methyl sites for hydroxylation is 1. The number of anilines is 1. The Morgan fingerprint density at radius 1 is 1.08 bits per heavy atom. The lowest BCUT2D eigenvalue weighted by Crippen LogP contribution is -2.13. The highest BCUT2D eigenvalue weighted by molar-refractivity contribution is 5.84. The van der Waals surface area contributed by atoms with Crippen molar-refractivity contribution in [2.45, 2.75) is 26.8 Å². The monoisotopic (exact) mass is 490 g/mol. The fraction of sp³-hybridized carbons (Fsp3) is 0.154. The van der Waals surface area contributed by atoms with Crippen LogP contribution >= 0.6 is 0 Å². The molecule has 0 radical (unpaired) electrons. The van der Waals surface area contributed by atoms with Crippen LogP contribution in [-0.2, 0) is 0 Å². The van der Waals surface area contributed by atoms with Crippen LogP contribution in [0.25, 0.3) is 33.8 Å². The van der Waals surface area contributed by atoms with Gasteiger partial charge in [-0.15, -0.1) is 0 Å². The fourth-order valence-corrected chi connectivity index (χ4v) is 4.18. The van der Waals surface area contributed by atoms with Crippen molar-refractivity contribution in [2.24, 2.45) is 0 Å². The molecule has 0 saturated heterocycles. The molecule has 0 amide bonds. The number of fused-ring (bicyclic) bond motifs is 1. The zero-order valence-electron chi connectivity index (χ0n) is 19.5. The average Bonchev–Trinajstić information content (AvgIpc) is 3.29. The molecule has 3 aromatic heterocycles. The van der Waals surface area contributed by atoms with E-state index in [1.807, 2.05) is 13.0 Å². The number of pyridine rings is 1. The minimum Gasteiger partial charge on any atom is -0.454 e. The molecule has 1 unspecified atom stereocenters. The van der Waals surface area contributed by atoms with Gasteiger partial charge in [0.15, 0.2) is 28.6 Å². The molecule has 5 aromatic rings. The summed E-state index contributed by atoms with van der Waals surface area (Å²) in [6.07, 6.45) is 1.61. The first-order chi connectivity index (χ1) is 17.2. The maximum Gasteiger partial charge on any atom is 0.439 e. The van der Waals surface area contributed by atoms with Crippen molar-refractivity contribution in [2.75, 3.05) is 5.32 Å². The number of benzene rings is 2. The SMILES string of the molecule is Cc1cc(C(C)Nc2ccc(F)c(F)c2-c2noc(=O)[nH]2)c2oc(-c3ccccn3)c(C)c(=O)c2c1. The van der Waals surface area contributed by atoms with Gasteiger partial charge in [-0.05, 0) is 56.7 Å².